The predicted octanol–water partition coefficient (Wildman–Crippen LogP) is 1.86. The van der Waals surface area contributed by atoms with Crippen LogP contribution in [0.5, 0.6) is 0 Å². The molecule has 1 rings (SSSR count). The number of piperidine rings is 1. The van der Waals surface area contributed by atoms with Crippen LogP contribution in [-0.4, -0.2) is 65.5 Å². The van der Waals surface area contributed by atoms with Crippen LogP contribution in [-0.2, 0) is 4.79 Å². The van der Waals surface area contributed by atoms with E-state index in [0.717, 1.165) is 24.6 Å². The minimum Gasteiger partial charge on any atom is -0.388 e. The summed E-state index contributed by atoms with van der Waals surface area (Å²) in [6.07, 6.45) is 5.25. The Balaban J connectivity index is 2.27. The summed E-state index contributed by atoms with van der Waals surface area (Å²) in [5.41, 5.74) is -0.615. The van der Waals surface area contributed by atoms with Gasteiger partial charge in [0.05, 0.1) is 5.60 Å². The van der Waals surface area contributed by atoms with Crippen molar-refractivity contribution in [1.29, 1.82) is 0 Å². The highest BCUT2D eigenvalue weighted by atomic mass is 79.9. The Bertz CT molecular complexity index is 277. The van der Waals surface area contributed by atoms with E-state index in [1.165, 1.54) is 0 Å². The molecule has 1 amide bonds. The third-order valence-electron chi connectivity index (χ3n) is 3.68. The number of unbranched alkanes of at least 4 members (excludes halogenated alkanes) is 2. The quantitative estimate of drug-likeness (QED) is 0.570. The third kappa shape index (κ3) is 6.23. The Morgan fingerprint density at radius 3 is 2.42 bits per heavy atom. The van der Waals surface area contributed by atoms with E-state index in [9.17, 15) is 9.90 Å². The van der Waals surface area contributed by atoms with Crippen molar-refractivity contribution in [3.8, 4) is 0 Å². The molecule has 0 bridgehead atoms. The smallest absolute Gasteiger partial charge is 0.222 e. The van der Waals surface area contributed by atoms with Crippen LogP contribution in [0.1, 0.15) is 38.5 Å². The number of likely N-dealkylation sites (tertiary alicyclic amines) is 1. The Labute approximate surface area is 125 Å². The Morgan fingerprint density at radius 1 is 1.26 bits per heavy atom. The van der Waals surface area contributed by atoms with Gasteiger partial charge in [-0.05, 0) is 39.8 Å². The topological polar surface area (TPSA) is 43.8 Å². The number of likely N-dealkylation sites (N-methyl/N-ethyl adjacent to an activating group) is 1. The van der Waals surface area contributed by atoms with Gasteiger partial charge in [0.2, 0.25) is 5.91 Å². The van der Waals surface area contributed by atoms with E-state index >= 15 is 0 Å². The molecule has 0 spiro atoms. The lowest BCUT2D eigenvalue weighted by atomic mass is 9.91. The van der Waals surface area contributed by atoms with Crippen molar-refractivity contribution in [1.82, 2.24) is 9.80 Å². The van der Waals surface area contributed by atoms with Crippen LogP contribution in [0.2, 0.25) is 0 Å². The van der Waals surface area contributed by atoms with Crippen molar-refractivity contribution in [3.05, 3.63) is 0 Å². The standard InChI is InChI=1S/C14H27BrN2O2/c1-16(2)12-14(19)7-10-17(11-8-14)13(18)6-4-3-5-9-15/h19H,3-12H2,1-2H3. The van der Waals surface area contributed by atoms with Crippen LogP contribution in [0.25, 0.3) is 0 Å². The number of aliphatic hydroxyl groups is 1. The summed E-state index contributed by atoms with van der Waals surface area (Å²) in [7, 11) is 3.94. The van der Waals surface area contributed by atoms with Crippen LogP contribution in [0, 0.1) is 0 Å². The summed E-state index contributed by atoms with van der Waals surface area (Å²) in [6, 6.07) is 0. The van der Waals surface area contributed by atoms with E-state index in [1.807, 2.05) is 23.9 Å². The highest BCUT2D eigenvalue weighted by molar-refractivity contribution is 9.09. The van der Waals surface area contributed by atoms with Crippen molar-refractivity contribution in [3.63, 3.8) is 0 Å². The van der Waals surface area contributed by atoms with E-state index in [2.05, 4.69) is 15.9 Å². The van der Waals surface area contributed by atoms with Gasteiger partial charge in [-0.1, -0.05) is 22.4 Å². The normalized spacial score (nSPS) is 18.9. The minimum absolute atomic E-state index is 0.251. The number of amides is 1. The summed E-state index contributed by atoms with van der Waals surface area (Å²) in [4.78, 5) is 15.9. The molecule has 0 aromatic heterocycles. The first-order valence-electron chi connectivity index (χ1n) is 7.18. The lowest BCUT2D eigenvalue weighted by Gasteiger charge is -2.39. The van der Waals surface area contributed by atoms with E-state index in [4.69, 9.17) is 0 Å². The molecule has 5 heteroatoms. The zero-order valence-corrected chi connectivity index (χ0v) is 13.8. The van der Waals surface area contributed by atoms with Gasteiger partial charge < -0.3 is 14.9 Å². The molecule has 112 valence electrons. The molecule has 1 fully saturated rings. The molecule has 4 nitrogen and oxygen atoms in total. The number of carbonyl (C=O) groups excluding carboxylic acids is 1. The van der Waals surface area contributed by atoms with Gasteiger partial charge in [-0.15, -0.1) is 0 Å². The average molecular weight is 335 g/mol. The van der Waals surface area contributed by atoms with Crippen LogP contribution >= 0.6 is 15.9 Å². The number of alkyl halides is 1. The van der Waals surface area contributed by atoms with Crippen LogP contribution < -0.4 is 0 Å². The maximum absolute atomic E-state index is 12.0. The second-order valence-electron chi connectivity index (χ2n) is 5.84. The number of halogens is 1. The molecule has 1 aliphatic heterocycles. The Hall–Kier alpha value is -0.130. The Morgan fingerprint density at radius 2 is 1.89 bits per heavy atom. The fraction of sp³-hybridized carbons (Fsp3) is 0.929. The molecular formula is C14H27BrN2O2. The summed E-state index contributed by atoms with van der Waals surface area (Å²) in [5.74, 6) is 0.251. The predicted molar refractivity (Wildman–Crippen MR) is 81.6 cm³/mol. The van der Waals surface area contributed by atoms with Crippen molar-refractivity contribution in [2.45, 2.75) is 44.1 Å². The molecule has 19 heavy (non-hydrogen) atoms. The largest absolute Gasteiger partial charge is 0.388 e. The monoisotopic (exact) mass is 334 g/mol. The van der Waals surface area contributed by atoms with E-state index in [-0.39, 0.29) is 5.91 Å². The van der Waals surface area contributed by atoms with Crippen LogP contribution in [0.3, 0.4) is 0 Å². The first-order chi connectivity index (χ1) is 8.97. The molecule has 0 aromatic carbocycles. The maximum Gasteiger partial charge on any atom is 0.222 e. The molecule has 1 N–H and O–H groups in total. The molecule has 0 aliphatic carbocycles. The fourth-order valence-electron chi connectivity index (χ4n) is 2.62. The van der Waals surface area contributed by atoms with Gasteiger partial charge >= 0.3 is 0 Å². The maximum atomic E-state index is 12.0. The molecule has 0 radical (unpaired) electrons. The minimum atomic E-state index is -0.615. The van der Waals surface area contributed by atoms with Crippen molar-refractivity contribution in [2.24, 2.45) is 0 Å². The summed E-state index contributed by atoms with van der Waals surface area (Å²) in [5, 5.41) is 11.4. The highest BCUT2D eigenvalue weighted by Gasteiger charge is 2.33. The summed E-state index contributed by atoms with van der Waals surface area (Å²) >= 11 is 3.40. The summed E-state index contributed by atoms with van der Waals surface area (Å²) < 4.78 is 0. The van der Waals surface area contributed by atoms with Gasteiger partial charge in [0, 0.05) is 31.4 Å². The number of rotatable bonds is 7. The molecule has 0 atom stereocenters. The molecule has 0 aromatic rings. The second-order valence-corrected chi connectivity index (χ2v) is 6.64. The number of hydrogen-bond donors (Lipinski definition) is 1. The van der Waals surface area contributed by atoms with Gasteiger partial charge in [-0.2, -0.15) is 0 Å². The third-order valence-corrected chi connectivity index (χ3v) is 4.24. The van der Waals surface area contributed by atoms with Gasteiger partial charge in [-0.25, -0.2) is 0 Å². The highest BCUT2D eigenvalue weighted by Crippen LogP contribution is 2.23. The molecule has 1 heterocycles. The van der Waals surface area contributed by atoms with E-state index in [1.54, 1.807) is 0 Å². The van der Waals surface area contributed by atoms with Gasteiger partial charge in [0.25, 0.3) is 0 Å². The van der Waals surface area contributed by atoms with E-state index in [0.29, 0.717) is 38.9 Å². The van der Waals surface area contributed by atoms with Crippen LogP contribution in [0.15, 0.2) is 0 Å². The first-order valence-corrected chi connectivity index (χ1v) is 8.30. The number of carbonyl (C=O) groups is 1. The second kappa shape index (κ2) is 8.22. The molecule has 1 aliphatic rings. The van der Waals surface area contributed by atoms with Gasteiger partial charge in [-0.3, -0.25) is 4.79 Å². The number of nitrogens with zero attached hydrogens (tertiary/aromatic N) is 2. The van der Waals surface area contributed by atoms with E-state index < -0.39 is 5.60 Å². The van der Waals surface area contributed by atoms with Crippen molar-refractivity contribution < 1.29 is 9.90 Å². The summed E-state index contributed by atoms with van der Waals surface area (Å²) in [6.45, 7) is 2.07. The fourth-order valence-corrected chi connectivity index (χ4v) is 3.02. The number of hydrogen-bond acceptors (Lipinski definition) is 3. The first kappa shape index (κ1) is 16.9. The SMILES string of the molecule is CN(C)CC1(O)CCN(C(=O)CCCCCBr)CC1. The molecule has 0 unspecified atom stereocenters. The average Bonchev–Trinajstić information content (AvgIpc) is 2.34. The molecular weight excluding hydrogens is 308 g/mol. The lowest BCUT2D eigenvalue weighted by molar-refractivity contribution is -0.136. The lowest BCUT2D eigenvalue weighted by Crippen LogP contribution is -2.51. The Kier molecular flexibility index (Phi) is 7.32. The molecule has 0 saturated carbocycles. The van der Waals surface area contributed by atoms with Gasteiger partial charge in [0.15, 0.2) is 0 Å². The van der Waals surface area contributed by atoms with Crippen molar-refractivity contribution in [2.75, 3.05) is 39.1 Å². The zero-order valence-electron chi connectivity index (χ0n) is 12.2. The zero-order chi connectivity index (χ0) is 14.3. The van der Waals surface area contributed by atoms with Crippen molar-refractivity contribution >= 4 is 21.8 Å². The molecule has 1 saturated heterocycles. The van der Waals surface area contributed by atoms with Gasteiger partial charge in [0.1, 0.15) is 0 Å². The van der Waals surface area contributed by atoms with Crippen LogP contribution in [0.4, 0.5) is 0 Å².